The lowest BCUT2D eigenvalue weighted by Crippen LogP contribution is -2.28. The average Bonchev–Trinajstić information content (AvgIpc) is 3.12. The molecule has 5 heteroatoms. The van der Waals surface area contributed by atoms with E-state index in [1.165, 1.54) is 12.5 Å². The van der Waals surface area contributed by atoms with Crippen molar-refractivity contribution in [3.05, 3.63) is 83.6 Å². The summed E-state index contributed by atoms with van der Waals surface area (Å²) in [7, 11) is 0. The number of aromatic nitrogens is 1. The fourth-order valence-corrected chi connectivity index (χ4v) is 3.30. The van der Waals surface area contributed by atoms with Crippen LogP contribution in [0.2, 0.25) is 0 Å². The summed E-state index contributed by atoms with van der Waals surface area (Å²) < 4.78 is 0. The molecule has 1 aliphatic heterocycles. The fourth-order valence-electron chi connectivity index (χ4n) is 3.30. The van der Waals surface area contributed by atoms with Crippen molar-refractivity contribution in [2.24, 2.45) is 0 Å². The molecule has 1 aliphatic rings. The fraction of sp³-hybridized carbons (Fsp3) is 0.136. The highest BCUT2D eigenvalue weighted by Gasteiger charge is 2.25. The molecule has 5 nitrogen and oxygen atoms in total. The molecule has 2 aromatic carbocycles. The average molecular weight is 357 g/mol. The standard InChI is InChI=1S/C22H19N3O2/c1-15(26)17-6-4-7-19(13-17)24-21-14-18(9-11-23-21)22(27)25-12-10-16-5-2-3-8-20(16)25/h2-9,11,13-14H,10,12H2,1H3,(H,23,24). The number of carbonyl (C=O) groups excluding carboxylic acids is 2. The lowest BCUT2D eigenvalue weighted by atomic mass is 10.1. The Morgan fingerprint density at radius 1 is 1.00 bits per heavy atom. The molecule has 134 valence electrons. The van der Waals surface area contributed by atoms with Crippen molar-refractivity contribution in [1.29, 1.82) is 0 Å². The highest BCUT2D eigenvalue weighted by molar-refractivity contribution is 6.07. The maximum Gasteiger partial charge on any atom is 0.258 e. The topological polar surface area (TPSA) is 62.3 Å². The van der Waals surface area contributed by atoms with Gasteiger partial charge in [-0.2, -0.15) is 0 Å². The molecule has 3 aromatic rings. The molecule has 4 rings (SSSR count). The van der Waals surface area contributed by atoms with Crippen LogP contribution >= 0.6 is 0 Å². The van der Waals surface area contributed by atoms with E-state index in [1.807, 2.05) is 35.2 Å². The Hall–Kier alpha value is -3.47. The number of carbonyl (C=O) groups is 2. The zero-order chi connectivity index (χ0) is 18.8. The number of ketones is 1. The molecule has 0 saturated heterocycles. The van der Waals surface area contributed by atoms with Crippen molar-refractivity contribution in [2.75, 3.05) is 16.8 Å². The van der Waals surface area contributed by atoms with Gasteiger partial charge in [0.2, 0.25) is 0 Å². The maximum atomic E-state index is 13.0. The predicted molar refractivity (Wildman–Crippen MR) is 106 cm³/mol. The van der Waals surface area contributed by atoms with Gasteiger partial charge in [-0.1, -0.05) is 30.3 Å². The highest BCUT2D eigenvalue weighted by Crippen LogP contribution is 2.29. The summed E-state index contributed by atoms with van der Waals surface area (Å²) in [6.07, 6.45) is 2.49. The van der Waals surface area contributed by atoms with E-state index in [0.717, 1.165) is 17.8 Å². The Morgan fingerprint density at radius 2 is 1.85 bits per heavy atom. The van der Waals surface area contributed by atoms with Gasteiger partial charge in [-0.25, -0.2) is 4.98 Å². The van der Waals surface area contributed by atoms with Crippen molar-refractivity contribution in [3.63, 3.8) is 0 Å². The molecule has 0 unspecified atom stereocenters. The number of hydrogen-bond acceptors (Lipinski definition) is 4. The van der Waals surface area contributed by atoms with Crippen LogP contribution < -0.4 is 10.2 Å². The Morgan fingerprint density at radius 3 is 2.70 bits per heavy atom. The monoisotopic (exact) mass is 357 g/mol. The lowest BCUT2D eigenvalue weighted by molar-refractivity contribution is 0.0987. The molecule has 1 amide bonds. The Labute approximate surface area is 157 Å². The number of anilines is 3. The Bertz CT molecular complexity index is 1030. The van der Waals surface area contributed by atoms with Gasteiger partial charge in [0, 0.05) is 35.2 Å². The van der Waals surface area contributed by atoms with Crippen LogP contribution in [0.1, 0.15) is 33.2 Å². The number of amides is 1. The zero-order valence-electron chi connectivity index (χ0n) is 15.0. The van der Waals surface area contributed by atoms with E-state index in [2.05, 4.69) is 16.4 Å². The quantitative estimate of drug-likeness (QED) is 0.710. The number of Topliss-reactive ketones (excluding diaryl/α,β-unsaturated/α-hetero) is 1. The number of nitrogens with one attached hydrogen (secondary N) is 1. The van der Waals surface area contributed by atoms with E-state index >= 15 is 0 Å². The first kappa shape index (κ1) is 17.0. The van der Waals surface area contributed by atoms with Crippen LogP contribution in [0.4, 0.5) is 17.2 Å². The van der Waals surface area contributed by atoms with Crippen molar-refractivity contribution in [1.82, 2.24) is 4.98 Å². The number of para-hydroxylation sites is 1. The molecule has 0 aliphatic carbocycles. The smallest absolute Gasteiger partial charge is 0.258 e. The van der Waals surface area contributed by atoms with Crippen LogP contribution in [0, 0.1) is 0 Å². The molecule has 0 radical (unpaired) electrons. The van der Waals surface area contributed by atoms with Crippen LogP contribution in [0.25, 0.3) is 0 Å². The van der Waals surface area contributed by atoms with E-state index in [4.69, 9.17) is 0 Å². The molecule has 1 N–H and O–H groups in total. The molecular formula is C22H19N3O2. The van der Waals surface area contributed by atoms with Crippen molar-refractivity contribution in [3.8, 4) is 0 Å². The second-order valence-electron chi connectivity index (χ2n) is 6.53. The Kier molecular flexibility index (Phi) is 4.42. The first-order valence-corrected chi connectivity index (χ1v) is 8.86. The first-order valence-electron chi connectivity index (χ1n) is 8.86. The van der Waals surface area contributed by atoms with Gasteiger partial charge in [0.15, 0.2) is 5.78 Å². The molecule has 1 aromatic heterocycles. The lowest BCUT2D eigenvalue weighted by Gasteiger charge is -2.17. The van der Waals surface area contributed by atoms with Gasteiger partial charge >= 0.3 is 0 Å². The van der Waals surface area contributed by atoms with Gasteiger partial charge in [-0.05, 0) is 49.2 Å². The minimum atomic E-state index is -0.0390. The zero-order valence-corrected chi connectivity index (χ0v) is 15.0. The third-order valence-electron chi connectivity index (χ3n) is 4.68. The number of benzene rings is 2. The van der Waals surface area contributed by atoms with Crippen LogP contribution in [0.3, 0.4) is 0 Å². The summed E-state index contributed by atoms with van der Waals surface area (Å²) in [6.45, 7) is 2.22. The second kappa shape index (κ2) is 7.03. The maximum absolute atomic E-state index is 13.0. The summed E-state index contributed by atoms with van der Waals surface area (Å²) in [5.41, 5.74) is 4.13. The van der Waals surface area contributed by atoms with Gasteiger partial charge in [0.25, 0.3) is 5.91 Å². The summed E-state index contributed by atoms with van der Waals surface area (Å²) in [5, 5.41) is 3.17. The molecule has 0 fully saturated rings. The van der Waals surface area contributed by atoms with Gasteiger partial charge in [0.1, 0.15) is 5.82 Å². The van der Waals surface area contributed by atoms with Crippen molar-refractivity contribution < 1.29 is 9.59 Å². The van der Waals surface area contributed by atoms with E-state index < -0.39 is 0 Å². The molecule has 2 heterocycles. The van der Waals surface area contributed by atoms with E-state index in [1.54, 1.807) is 30.5 Å². The normalized spacial score (nSPS) is 12.6. The van der Waals surface area contributed by atoms with Crippen molar-refractivity contribution >= 4 is 28.9 Å². The van der Waals surface area contributed by atoms with E-state index in [9.17, 15) is 9.59 Å². The summed E-state index contributed by atoms with van der Waals surface area (Å²) in [6, 6.07) is 18.7. The van der Waals surface area contributed by atoms with Crippen LogP contribution in [0.5, 0.6) is 0 Å². The molecule has 0 spiro atoms. The number of pyridine rings is 1. The van der Waals surface area contributed by atoms with Crippen LogP contribution in [-0.2, 0) is 6.42 Å². The predicted octanol–water partition coefficient (Wildman–Crippen LogP) is 4.23. The third-order valence-corrected chi connectivity index (χ3v) is 4.68. The summed E-state index contributed by atoms with van der Waals surface area (Å²) in [5.74, 6) is 0.528. The SMILES string of the molecule is CC(=O)c1cccc(Nc2cc(C(=O)N3CCc4ccccc43)ccn2)c1. The number of fused-ring (bicyclic) bond motifs is 1. The summed E-state index contributed by atoms with van der Waals surface area (Å²) >= 11 is 0. The number of rotatable bonds is 4. The minimum Gasteiger partial charge on any atom is -0.340 e. The van der Waals surface area contributed by atoms with Crippen molar-refractivity contribution in [2.45, 2.75) is 13.3 Å². The van der Waals surface area contributed by atoms with Gasteiger partial charge in [0.05, 0.1) is 0 Å². The second-order valence-corrected chi connectivity index (χ2v) is 6.53. The molecule has 0 bridgehead atoms. The van der Waals surface area contributed by atoms with Crippen LogP contribution in [0.15, 0.2) is 66.9 Å². The summed E-state index contributed by atoms with van der Waals surface area (Å²) in [4.78, 5) is 30.6. The number of nitrogens with zero attached hydrogens (tertiary/aromatic N) is 2. The van der Waals surface area contributed by atoms with E-state index in [0.29, 0.717) is 23.5 Å². The largest absolute Gasteiger partial charge is 0.340 e. The highest BCUT2D eigenvalue weighted by atomic mass is 16.2. The van der Waals surface area contributed by atoms with Gasteiger partial charge in [-0.15, -0.1) is 0 Å². The van der Waals surface area contributed by atoms with Gasteiger partial charge < -0.3 is 10.2 Å². The minimum absolute atomic E-state index is 0.00300. The number of hydrogen-bond donors (Lipinski definition) is 1. The third kappa shape index (κ3) is 3.44. The van der Waals surface area contributed by atoms with Gasteiger partial charge in [-0.3, -0.25) is 9.59 Å². The molecule has 0 atom stereocenters. The molecule has 27 heavy (non-hydrogen) atoms. The first-order chi connectivity index (χ1) is 13.1. The molecular weight excluding hydrogens is 338 g/mol. The van der Waals surface area contributed by atoms with E-state index in [-0.39, 0.29) is 11.7 Å². The Balaban J connectivity index is 1.57. The molecule has 0 saturated carbocycles. The van der Waals surface area contributed by atoms with Crippen LogP contribution in [-0.4, -0.2) is 23.2 Å².